The molecule has 0 fully saturated rings. The van der Waals surface area contributed by atoms with Gasteiger partial charge >= 0.3 is 0 Å². The number of aromatic amines is 1. The largest absolute Gasteiger partial charge is 0.337 e. The Balaban J connectivity index is 1.61. The minimum atomic E-state index is -3.35. The van der Waals surface area contributed by atoms with Gasteiger partial charge in [0, 0.05) is 11.8 Å². The number of anilines is 1. The number of H-pyrrole nitrogens is 1. The van der Waals surface area contributed by atoms with Gasteiger partial charge < -0.3 is 4.98 Å². The molecule has 2 aromatic heterocycles. The predicted octanol–water partition coefficient (Wildman–Crippen LogP) is 3.77. The van der Waals surface area contributed by atoms with Gasteiger partial charge in [0.1, 0.15) is 0 Å². The van der Waals surface area contributed by atoms with Gasteiger partial charge in [0.25, 0.3) is 12.3 Å². The van der Waals surface area contributed by atoms with Crippen molar-refractivity contribution in [3.8, 4) is 0 Å². The Morgan fingerprint density at radius 2 is 1.89 bits per heavy atom. The molecule has 0 aliphatic carbocycles. The van der Waals surface area contributed by atoms with Crippen LogP contribution < -0.4 is 5.32 Å². The van der Waals surface area contributed by atoms with E-state index in [1.165, 1.54) is 30.3 Å². The molecule has 2 aromatic carbocycles. The molecule has 11 heteroatoms. The first-order valence-electron chi connectivity index (χ1n) is 7.90. The third kappa shape index (κ3) is 3.45. The molecule has 0 bridgehead atoms. The van der Waals surface area contributed by atoms with Gasteiger partial charge in [-0.05, 0) is 36.4 Å². The summed E-state index contributed by atoms with van der Waals surface area (Å²) in [5.41, 5.74) is 1.46. The molecular formula is C17H12F2N4O3S2. The van der Waals surface area contributed by atoms with Crippen molar-refractivity contribution in [3.63, 3.8) is 0 Å². The van der Waals surface area contributed by atoms with Crippen molar-refractivity contribution < 1.29 is 22.0 Å². The van der Waals surface area contributed by atoms with Crippen molar-refractivity contribution in [1.82, 2.24) is 15.0 Å². The van der Waals surface area contributed by atoms with E-state index in [0.717, 1.165) is 17.6 Å². The monoisotopic (exact) mass is 422 g/mol. The average Bonchev–Trinajstić information content (AvgIpc) is 3.22. The summed E-state index contributed by atoms with van der Waals surface area (Å²) in [6.07, 6.45) is -1.62. The van der Waals surface area contributed by atoms with Crippen molar-refractivity contribution in [1.29, 1.82) is 0 Å². The molecule has 0 radical (unpaired) electrons. The minimum absolute atomic E-state index is 0.168. The molecule has 0 saturated carbocycles. The number of nitrogens with zero attached hydrogens (tertiary/aromatic N) is 2. The molecule has 2 heterocycles. The van der Waals surface area contributed by atoms with Crippen LogP contribution in [0.5, 0.6) is 0 Å². The van der Waals surface area contributed by atoms with E-state index in [1.54, 1.807) is 6.07 Å². The zero-order valence-electron chi connectivity index (χ0n) is 14.2. The van der Waals surface area contributed by atoms with E-state index in [-0.39, 0.29) is 10.5 Å². The number of hydrogen-bond acceptors (Lipinski definition) is 6. The summed E-state index contributed by atoms with van der Waals surface area (Å²) in [6, 6.07) is 8.90. The quantitative estimate of drug-likeness (QED) is 0.521. The van der Waals surface area contributed by atoms with Crippen LogP contribution >= 0.6 is 11.3 Å². The van der Waals surface area contributed by atoms with Crippen molar-refractivity contribution in [2.24, 2.45) is 0 Å². The number of halogens is 2. The van der Waals surface area contributed by atoms with Crippen molar-refractivity contribution in [3.05, 3.63) is 47.8 Å². The van der Waals surface area contributed by atoms with Crippen LogP contribution in [-0.2, 0) is 9.84 Å². The summed E-state index contributed by atoms with van der Waals surface area (Å²) in [5.74, 6) is -0.932. The number of sulfone groups is 1. The summed E-state index contributed by atoms with van der Waals surface area (Å²) >= 11 is 1.14. The van der Waals surface area contributed by atoms with Gasteiger partial charge in [-0.3, -0.25) is 10.1 Å². The van der Waals surface area contributed by atoms with E-state index in [2.05, 4.69) is 20.3 Å². The summed E-state index contributed by atoms with van der Waals surface area (Å²) < 4.78 is 49.4. The van der Waals surface area contributed by atoms with Crippen molar-refractivity contribution in [2.75, 3.05) is 11.6 Å². The van der Waals surface area contributed by atoms with Crippen LogP contribution in [0.4, 0.5) is 13.9 Å². The minimum Gasteiger partial charge on any atom is -0.337 e. The second kappa shape index (κ2) is 6.60. The highest BCUT2D eigenvalue weighted by molar-refractivity contribution is 7.90. The number of carbonyl (C=O) groups is 1. The standard InChI is InChI=1S/C17H12F2N4O3S2/c1-28(25,26)9-3-5-11-13(7-9)27-17(22-11)23-16(24)8-2-4-10-12(6-8)21-15(20-10)14(18)19/h2-7,14H,1H3,(H,20,21)(H,22,23,24). The first-order valence-corrected chi connectivity index (χ1v) is 10.6. The zero-order valence-corrected chi connectivity index (χ0v) is 15.9. The maximum Gasteiger partial charge on any atom is 0.295 e. The Kier molecular flexibility index (Phi) is 4.35. The Morgan fingerprint density at radius 1 is 1.14 bits per heavy atom. The second-order valence-electron chi connectivity index (χ2n) is 6.03. The maximum absolute atomic E-state index is 12.7. The Hall–Kier alpha value is -2.92. The highest BCUT2D eigenvalue weighted by Gasteiger charge is 2.16. The normalized spacial score (nSPS) is 12.1. The highest BCUT2D eigenvalue weighted by Crippen LogP contribution is 2.29. The first-order chi connectivity index (χ1) is 13.2. The molecule has 0 atom stereocenters. The summed E-state index contributed by atoms with van der Waals surface area (Å²) in [5, 5.41) is 2.93. The molecule has 0 aliphatic heterocycles. The molecule has 144 valence electrons. The number of thiazole rings is 1. The molecule has 7 nitrogen and oxygen atoms in total. The summed E-state index contributed by atoms with van der Waals surface area (Å²) in [4.78, 5) is 23.2. The lowest BCUT2D eigenvalue weighted by Gasteiger charge is -2.01. The molecule has 28 heavy (non-hydrogen) atoms. The lowest BCUT2D eigenvalue weighted by atomic mass is 10.2. The number of nitrogens with one attached hydrogen (secondary N) is 2. The number of carbonyl (C=O) groups excluding carboxylic acids is 1. The van der Waals surface area contributed by atoms with Crippen molar-refractivity contribution >= 4 is 53.5 Å². The molecule has 1 amide bonds. The molecule has 0 spiro atoms. The highest BCUT2D eigenvalue weighted by atomic mass is 32.2. The van der Waals surface area contributed by atoms with Crippen LogP contribution in [0.15, 0.2) is 41.3 Å². The lowest BCUT2D eigenvalue weighted by Crippen LogP contribution is -2.11. The number of rotatable bonds is 4. The average molecular weight is 422 g/mol. The summed E-state index contributed by atoms with van der Waals surface area (Å²) in [7, 11) is -3.35. The molecular weight excluding hydrogens is 410 g/mol. The van der Waals surface area contributed by atoms with Gasteiger partial charge in [-0.1, -0.05) is 11.3 Å². The second-order valence-corrected chi connectivity index (χ2v) is 9.08. The van der Waals surface area contributed by atoms with Gasteiger partial charge in [0.2, 0.25) is 0 Å². The number of amides is 1. The van der Waals surface area contributed by atoms with Crippen LogP contribution in [0.25, 0.3) is 21.3 Å². The van der Waals surface area contributed by atoms with Gasteiger partial charge in [-0.15, -0.1) is 0 Å². The van der Waals surface area contributed by atoms with Gasteiger partial charge in [-0.2, -0.15) is 0 Å². The van der Waals surface area contributed by atoms with Crippen LogP contribution in [0, 0.1) is 0 Å². The smallest absolute Gasteiger partial charge is 0.295 e. The number of benzene rings is 2. The first kappa shape index (κ1) is 18.4. The number of aromatic nitrogens is 3. The fourth-order valence-electron chi connectivity index (χ4n) is 2.63. The number of alkyl halides is 2. The molecule has 4 rings (SSSR count). The topological polar surface area (TPSA) is 105 Å². The van der Waals surface area contributed by atoms with E-state index < -0.39 is 28.0 Å². The predicted molar refractivity (Wildman–Crippen MR) is 102 cm³/mol. The van der Waals surface area contributed by atoms with Crippen molar-refractivity contribution in [2.45, 2.75) is 11.3 Å². The maximum atomic E-state index is 12.7. The zero-order chi connectivity index (χ0) is 20.1. The summed E-state index contributed by atoms with van der Waals surface area (Å²) in [6.45, 7) is 0. The van der Waals surface area contributed by atoms with E-state index >= 15 is 0 Å². The fraction of sp³-hybridized carbons (Fsp3) is 0.118. The Bertz CT molecular complexity index is 1330. The van der Waals surface area contributed by atoms with E-state index in [1.807, 2.05) is 0 Å². The van der Waals surface area contributed by atoms with Crippen LogP contribution in [0.2, 0.25) is 0 Å². The molecule has 0 unspecified atom stereocenters. The van der Waals surface area contributed by atoms with E-state index in [0.29, 0.717) is 26.4 Å². The van der Waals surface area contributed by atoms with Gasteiger partial charge in [0.15, 0.2) is 20.8 Å². The SMILES string of the molecule is CS(=O)(=O)c1ccc2nc(NC(=O)c3ccc4nc(C(F)F)[nH]c4c3)sc2c1. The van der Waals surface area contributed by atoms with Crippen LogP contribution in [-0.4, -0.2) is 35.5 Å². The number of imidazole rings is 1. The molecule has 2 N–H and O–H groups in total. The van der Waals surface area contributed by atoms with Gasteiger partial charge in [-0.25, -0.2) is 27.2 Å². The number of hydrogen-bond donors (Lipinski definition) is 2. The van der Waals surface area contributed by atoms with E-state index in [4.69, 9.17) is 0 Å². The van der Waals surface area contributed by atoms with E-state index in [9.17, 15) is 22.0 Å². The van der Waals surface area contributed by atoms with Gasteiger partial charge in [0.05, 0.1) is 26.1 Å². The Labute approximate surface area is 161 Å². The Morgan fingerprint density at radius 3 is 2.61 bits per heavy atom. The third-order valence-electron chi connectivity index (χ3n) is 3.98. The van der Waals surface area contributed by atoms with Crippen LogP contribution in [0.1, 0.15) is 22.6 Å². The molecule has 0 aliphatic rings. The molecule has 0 saturated heterocycles. The van der Waals surface area contributed by atoms with Crippen LogP contribution in [0.3, 0.4) is 0 Å². The fourth-order valence-corrected chi connectivity index (χ4v) is 4.25. The third-order valence-corrected chi connectivity index (χ3v) is 6.02. The molecule has 4 aromatic rings. The number of fused-ring (bicyclic) bond motifs is 2. The lowest BCUT2D eigenvalue weighted by molar-refractivity contribution is 0.102.